The second-order valence-electron chi connectivity index (χ2n) is 5.04. The lowest BCUT2D eigenvalue weighted by molar-refractivity contribution is 0.0572. The zero-order valence-electron chi connectivity index (χ0n) is 12.0. The highest BCUT2D eigenvalue weighted by molar-refractivity contribution is 7.89. The third-order valence-electron chi connectivity index (χ3n) is 3.62. The smallest absolute Gasteiger partial charge is 0.243 e. The Labute approximate surface area is 121 Å². The van der Waals surface area contributed by atoms with Crippen LogP contribution in [-0.4, -0.2) is 46.1 Å². The molecule has 1 aromatic carbocycles. The van der Waals surface area contributed by atoms with E-state index < -0.39 is 10.0 Å². The number of piperidine rings is 1. The molecule has 1 saturated heterocycles. The lowest BCUT2D eigenvalue weighted by Crippen LogP contribution is -2.42. The molecule has 5 nitrogen and oxygen atoms in total. The van der Waals surface area contributed by atoms with Gasteiger partial charge in [-0.15, -0.1) is 0 Å². The number of hydrogen-bond acceptors (Lipinski definition) is 4. The van der Waals surface area contributed by atoms with Gasteiger partial charge in [0.25, 0.3) is 0 Å². The van der Waals surface area contributed by atoms with Crippen molar-refractivity contribution in [3.05, 3.63) is 29.8 Å². The largest absolute Gasteiger partial charge is 0.380 e. The Morgan fingerprint density at radius 1 is 1.35 bits per heavy atom. The highest BCUT2D eigenvalue weighted by Crippen LogP contribution is 2.22. The summed E-state index contributed by atoms with van der Waals surface area (Å²) >= 11 is 0. The highest BCUT2D eigenvalue weighted by atomic mass is 32.2. The Morgan fingerprint density at radius 3 is 2.65 bits per heavy atom. The van der Waals surface area contributed by atoms with Crippen LogP contribution in [-0.2, 0) is 21.3 Å². The van der Waals surface area contributed by atoms with E-state index in [0.717, 1.165) is 24.9 Å². The predicted octanol–water partition coefficient (Wildman–Crippen LogP) is 1.21. The minimum Gasteiger partial charge on any atom is -0.380 e. The van der Waals surface area contributed by atoms with Gasteiger partial charge in [0, 0.05) is 26.7 Å². The average molecular weight is 298 g/mol. The first-order valence-corrected chi connectivity index (χ1v) is 8.28. The number of nitrogens with zero attached hydrogens (tertiary/aromatic N) is 1. The molecular formula is C14H22N2O3S. The molecule has 1 N–H and O–H groups in total. The number of ether oxygens (including phenoxy) is 1. The Balaban J connectivity index is 2.16. The van der Waals surface area contributed by atoms with Gasteiger partial charge in [-0.2, -0.15) is 4.31 Å². The Kier molecular flexibility index (Phi) is 5.15. The molecule has 1 aliphatic rings. The number of benzene rings is 1. The van der Waals surface area contributed by atoms with Crippen LogP contribution in [0.15, 0.2) is 29.2 Å². The van der Waals surface area contributed by atoms with Gasteiger partial charge in [0.15, 0.2) is 0 Å². The van der Waals surface area contributed by atoms with Gasteiger partial charge in [-0.05, 0) is 37.6 Å². The fraction of sp³-hybridized carbons (Fsp3) is 0.571. The first kappa shape index (κ1) is 15.4. The van der Waals surface area contributed by atoms with Crippen molar-refractivity contribution in [1.82, 2.24) is 9.62 Å². The molecule has 2 rings (SSSR count). The van der Waals surface area contributed by atoms with Crippen LogP contribution >= 0.6 is 0 Å². The first-order valence-electron chi connectivity index (χ1n) is 6.84. The zero-order chi connectivity index (χ0) is 14.6. The molecule has 112 valence electrons. The number of rotatable bonds is 5. The summed E-state index contributed by atoms with van der Waals surface area (Å²) in [7, 11) is 0.0928. The zero-order valence-corrected chi connectivity index (χ0v) is 12.8. The normalized spacial score (nSPS) is 21.0. The van der Waals surface area contributed by atoms with Gasteiger partial charge in [-0.1, -0.05) is 12.1 Å². The fourth-order valence-corrected chi connectivity index (χ4v) is 3.96. The van der Waals surface area contributed by atoms with Crippen molar-refractivity contribution in [2.24, 2.45) is 0 Å². The molecule has 0 bridgehead atoms. The molecule has 1 aliphatic heterocycles. The van der Waals surface area contributed by atoms with Gasteiger partial charge in [-0.25, -0.2) is 8.42 Å². The van der Waals surface area contributed by atoms with Crippen LogP contribution in [0.1, 0.15) is 18.4 Å². The quantitative estimate of drug-likeness (QED) is 0.887. The summed E-state index contributed by atoms with van der Waals surface area (Å²) in [5.41, 5.74) is 1.07. The Morgan fingerprint density at radius 2 is 2.05 bits per heavy atom. The molecule has 20 heavy (non-hydrogen) atoms. The van der Waals surface area contributed by atoms with Crippen molar-refractivity contribution in [2.45, 2.75) is 30.4 Å². The van der Waals surface area contributed by atoms with Crippen LogP contribution in [0.3, 0.4) is 0 Å². The number of nitrogens with one attached hydrogen (secondary N) is 1. The van der Waals surface area contributed by atoms with Crippen molar-refractivity contribution >= 4 is 10.0 Å². The topological polar surface area (TPSA) is 58.6 Å². The fourth-order valence-electron chi connectivity index (χ4n) is 2.45. The summed E-state index contributed by atoms with van der Waals surface area (Å²) in [5.74, 6) is 0. The van der Waals surface area contributed by atoms with Crippen LogP contribution in [0.2, 0.25) is 0 Å². The second-order valence-corrected chi connectivity index (χ2v) is 6.98. The molecule has 6 heteroatoms. The summed E-state index contributed by atoms with van der Waals surface area (Å²) in [6.07, 6.45) is 1.77. The summed E-state index contributed by atoms with van der Waals surface area (Å²) in [5, 5.41) is 3.04. The summed E-state index contributed by atoms with van der Waals surface area (Å²) in [6.45, 7) is 1.74. The number of methoxy groups -OCH3 is 1. The van der Waals surface area contributed by atoms with Crippen molar-refractivity contribution in [3.63, 3.8) is 0 Å². The van der Waals surface area contributed by atoms with Gasteiger partial charge in [-0.3, -0.25) is 0 Å². The maximum Gasteiger partial charge on any atom is 0.243 e. The third kappa shape index (κ3) is 3.38. The minimum absolute atomic E-state index is 0.00193. The van der Waals surface area contributed by atoms with E-state index in [1.54, 1.807) is 19.2 Å². The molecule has 1 fully saturated rings. The summed E-state index contributed by atoms with van der Waals surface area (Å²) in [4.78, 5) is 0.356. The molecule has 0 aliphatic carbocycles. The predicted molar refractivity (Wildman–Crippen MR) is 78.0 cm³/mol. The minimum atomic E-state index is -3.40. The first-order chi connectivity index (χ1) is 9.57. The molecular weight excluding hydrogens is 276 g/mol. The molecule has 1 aromatic rings. The van der Waals surface area contributed by atoms with E-state index in [1.165, 1.54) is 4.31 Å². The van der Waals surface area contributed by atoms with Crippen molar-refractivity contribution < 1.29 is 13.2 Å². The lowest BCUT2D eigenvalue weighted by atomic mass is 10.1. The van der Waals surface area contributed by atoms with Crippen LogP contribution in [0.4, 0.5) is 0 Å². The van der Waals surface area contributed by atoms with Crippen molar-refractivity contribution in [2.75, 3.05) is 27.2 Å². The van der Waals surface area contributed by atoms with E-state index in [4.69, 9.17) is 4.74 Å². The second kappa shape index (κ2) is 6.67. The van der Waals surface area contributed by atoms with Crippen LogP contribution < -0.4 is 5.32 Å². The van der Waals surface area contributed by atoms with E-state index in [2.05, 4.69) is 5.32 Å². The van der Waals surface area contributed by atoms with Gasteiger partial charge in [0.2, 0.25) is 10.0 Å². The Bertz CT molecular complexity index is 528. The maximum atomic E-state index is 12.6. The molecule has 0 saturated carbocycles. The molecule has 0 spiro atoms. The van der Waals surface area contributed by atoms with Gasteiger partial charge in [0.1, 0.15) is 0 Å². The summed E-state index contributed by atoms with van der Waals surface area (Å²) in [6, 6.07) is 7.05. The summed E-state index contributed by atoms with van der Waals surface area (Å²) < 4.78 is 32.0. The van der Waals surface area contributed by atoms with Crippen molar-refractivity contribution in [3.8, 4) is 0 Å². The van der Waals surface area contributed by atoms with Crippen LogP contribution in [0, 0.1) is 0 Å². The maximum absolute atomic E-state index is 12.6. The van der Waals surface area contributed by atoms with Crippen LogP contribution in [0.5, 0.6) is 0 Å². The third-order valence-corrected chi connectivity index (χ3v) is 5.50. The van der Waals surface area contributed by atoms with E-state index >= 15 is 0 Å². The van der Waals surface area contributed by atoms with Gasteiger partial charge in [0.05, 0.1) is 11.0 Å². The average Bonchev–Trinajstić information content (AvgIpc) is 2.48. The van der Waals surface area contributed by atoms with Gasteiger partial charge < -0.3 is 10.1 Å². The number of sulfonamides is 1. The molecule has 1 heterocycles. The monoisotopic (exact) mass is 298 g/mol. The molecule has 1 unspecified atom stereocenters. The molecule has 0 radical (unpaired) electrons. The molecule has 0 amide bonds. The van der Waals surface area contributed by atoms with E-state index in [-0.39, 0.29) is 6.10 Å². The highest BCUT2D eigenvalue weighted by Gasteiger charge is 2.30. The van der Waals surface area contributed by atoms with Crippen LogP contribution in [0.25, 0.3) is 0 Å². The number of hydrogen-bond donors (Lipinski definition) is 1. The standard InChI is InChI=1S/C14H22N2O3S/c1-15-10-12-5-7-14(8-6-12)20(17,18)16-9-3-4-13(11-16)19-2/h5-8,13,15H,3-4,9-11H2,1-2H3. The molecule has 1 atom stereocenters. The molecule has 0 aromatic heterocycles. The van der Waals surface area contributed by atoms with E-state index in [1.807, 2.05) is 19.2 Å². The van der Waals surface area contributed by atoms with Gasteiger partial charge >= 0.3 is 0 Å². The van der Waals surface area contributed by atoms with E-state index in [9.17, 15) is 8.42 Å². The SMILES string of the molecule is CNCc1ccc(S(=O)(=O)N2CCCC(OC)C2)cc1. The lowest BCUT2D eigenvalue weighted by Gasteiger charge is -2.31. The van der Waals surface area contributed by atoms with E-state index in [0.29, 0.717) is 18.0 Å². The Hall–Kier alpha value is -0.950. The van der Waals surface area contributed by atoms with Crippen molar-refractivity contribution in [1.29, 1.82) is 0 Å².